The summed E-state index contributed by atoms with van der Waals surface area (Å²) in [6.45, 7) is 10.0. The van der Waals surface area contributed by atoms with Crippen molar-refractivity contribution in [1.82, 2.24) is 0 Å². The van der Waals surface area contributed by atoms with Crippen LogP contribution in [0.25, 0.3) is 4.85 Å². The number of nitrogens with zero attached hydrogens (tertiary/aromatic N) is 3. The van der Waals surface area contributed by atoms with Crippen molar-refractivity contribution in [2.45, 2.75) is 43.2 Å². The second-order valence-electron chi connectivity index (χ2n) is 7.72. The topological polar surface area (TPSA) is 66.9 Å². The summed E-state index contributed by atoms with van der Waals surface area (Å²) >= 11 is 6.19. The minimum Gasteiger partial charge on any atom is -0.359 e. The molecule has 1 spiro atoms. The second kappa shape index (κ2) is 4.98. The number of carbonyl (C=O) groups excluding carboxylic acids is 1. The van der Waals surface area contributed by atoms with Gasteiger partial charge in [-0.05, 0) is 25.1 Å². The number of benzene rings is 1. The van der Waals surface area contributed by atoms with E-state index in [1.54, 1.807) is 23.1 Å². The van der Waals surface area contributed by atoms with Crippen LogP contribution in [0.5, 0.6) is 0 Å². The van der Waals surface area contributed by atoms with Crippen molar-refractivity contribution in [3.05, 3.63) is 40.2 Å². The zero-order valence-electron chi connectivity index (χ0n) is 14.1. The van der Waals surface area contributed by atoms with Gasteiger partial charge >= 0.3 is 0 Å². The number of rotatable bonds is 1. The average Bonchev–Trinajstić information content (AvgIpc) is 3.18. The Morgan fingerprint density at radius 3 is 3.00 bits per heavy atom. The summed E-state index contributed by atoms with van der Waals surface area (Å²) in [6, 6.07) is 6.78. The van der Waals surface area contributed by atoms with Gasteiger partial charge in [-0.2, -0.15) is 5.26 Å². The van der Waals surface area contributed by atoms with Gasteiger partial charge in [0, 0.05) is 12.1 Å². The third-order valence-electron chi connectivity index (χ3n) is 6.52. The summed E-state index contributed by atoms with van der Waals surface area (Å²) in [4.78, 5) is 18.8. The van der Waals surface area contributed by atoms with Crippen LogP contribution in [0.4, 0.5) is 5.69 Å². The zero-order valence-corrected chi connectivity index (χ0v) is 14.9. The van der Waals surface area contributed by atoms with Crippen LogP contribution in [0.1, 0.15) is 25.3 Å². The highest BCUT2D eigenvalue weighted by Gasteiger charge is 2.80. The van der Waals surface area contributed by atoms with Crippen molar-refractivity contribution in [2.75, 3.05) is 11.5 Å². The van der Waals surface area contributed by atoms with E-state index in [0.717, 1.165) is 0 Å². The molecular formula is C19H16ClN3O3. The molecule has 6 nitrogen and oxygen atoms in total. The Morgan fingerprint density at radius 2 is 2.31 bits per heavy atom. The van der Waals surface area contributed by atoms with Gasteiger partial charge in [0.15, 0.2) is 5.60 Å². The van der Waals surface area contributed by atoms with Crippen LogP contribution in [0.2, 0.25) is 5.02 Å². The molecule has 0 radical (unpaired) electrons. The molecule has 0 aliphatic carbocycles. The first kappa shape index (κ1) is 16.1. The smallest absolute Gasteiger partial charge is 0.255 e. The summed E-state index contributed by atoms with van der Waals surface area (Å²) in [6.07, 6.45) is 0.761. The van der Waals surface area contributed by atoms with Gasteiger partial charge in [-0.3, -0.25) is 9.69 Å². The van der Waals surface area contributed by atoms with Gasteiger partial charge in [-0.25, -0.2) is 6.57 Å². The molecule has 26 heavy (non-hydrogen) atoms. The average molecular weight is 370 g/mol. The van der Waals surface area contributed by atoms with Gasteiger partial charge in [0.25, 0.3) is 6.04 Å². The predicted octanol–water partition coefficient (Wildman–Crippen LogP) is 2.76. The summed E-state index contributed by atoms with van der Waals surface area (Å²) < 4.78 is 12.4. The quantitative estimate of drug-likeness (QED) is 0.714. The molecule has 0 N–H and O–H groups in total. The summed E-state index contributed by atoms with van der Waals surface area (Å²) in [5.74, 6) is -0.522. The van der Waals surface area contributed by atoms with E-state index < -0.39 is 17.4 Å². The van der Waals surface area contributed by atoms with Crippen molar-refractivity contribution >= 4 is 23.2 Å². The largest absolute Gasteiger partial charge is 0.359 e. The lowest BCUT2D eigenvalue weighted by molar-refractivity contribution is -0.140. The first-order valence-corrected chi connectivity index (χ1v) is 9.04. The van der Waals surface area contributed by atoms with Crippen LogP contribution in [-0.4, -0.2) is 36.0 Å². The van der Waals surface area contributed by atoms with Crippen molar-refractivity contribution in [3.63, 3.8) is 0 Å². The molecule has 1 aromatic rings. The lowest BCUT2D eigenvalue weighted by Crippen LogP contribution is -2.56. The molecule has 7 heteroatoms. The number of nitriles is 1. The number of halogens is 1. The van der Waals surface area contributed by atoms with E-state index in [-0.39, 0.29) is 23.8 Å². The normalized spacial score (nSPS) is 42.5. The standard InChI is InChI=1S/C19H16ClN3O3/c1-18-8-13(22-2)19(26-18)5-6-25-17-15(19)14(18)16(24)23(17)11-4-3-10(9-21)12(20)7-11/h3-4,7,13-15,17H,5-6,8H2,1H3/t13-,14+,15-,17-,18+,19-/m0/s1. The van der Waals surface area contributed by atoms with Crippen molar-refractivity contribution in [2.24, 2.45) is 11.8 Å². The van der Waals surface area contributed by atoms with E-state index in [4.69, 9.17) is 32.9 Å². The maximum atomic E-state index is 13.4. The number of hydrogen-bond acceptors (Lipinski definition) is 4. The maximum Gasteiger partial charge on any atom is 0.255 e. The van der Waals surface area contributed by atoms with E-state index in [1.165, 1.54) is 0 Å². The van der Waals surface area contributed by atoms with Crippen LogP contribution in [-0.2, 0) is 14.3 Å². The highest BCUT2D eigenvalue weighted by molar-refractivity contribution is 6.32. The fourth-order valence-electron chi connectivity index (χ4n) is 5.57. The Morgan fingerprint density at radius 1 is 1.50 bits per heavy atom. The van der Waals surface area contributed by atoms with Crippen molar-refractivity contribution in [3.8, 4) is 6.07 Å². The summed E-state index contributed by atoms with van der Waals surface area (Å²) in [5, 5.41) is 9.39. The van der Waals surface area contributed by atoms with Gasteiger partial charge in [0.1, 0.15) is 12.3 Å². The predicted molar refractivity (Wildman–Crippen MR) is 92.2 cm³/mol. The first-order valence-electron chi connectivity index (χ1n) is 8.66. The van der Waals surface area contributed by atoms with Crippen molar-refractivity contribution < 1.29 is 14.3 Å². The minimum absolute atomic E-state index is 0.0459. The van der Waals surface area contributed by atoms with Crippen LogP contribution >= 0.6 is 11.6 Å². The van der Waals surface area contributed by atoms with Gasteiger partial charge in [-0.1, -0.05) is 11.6 Å². The Labute approximate surface area is 156 Å². The lowest BCUT2D eigenvalue weighted by Gasteiger charge is -2.41. The molecule has 4 aliphatic rings. The molecule has 5 rings (SSSR count). The molecule has 6 atom stereocenters. The Balaban J connectivity index is 1.63. The SMILES string of the molecule is [C-]#[N+][C@H]1C[C@@]2(C)O[C@@]13CCO[C@H]1[C@@H]3[C@@H]2C(=O)N1c1ccc(C#N)c(Cl)c1. The number of fused-ring (bicyclic) bond motifs is 2. The number of carbonyl (C=O) groups is 1. The molecule has 4 aliphatic heterocycles. The van der Waals surface area contributed by atoms with E-state index in [2.05, 4.69) is 4.85 Å². The molecular weight excluding hydrogens is 354 g/mol. The number of amides is 1. The molecule has 1 amide bonds. The fourth-order valence-corrected chi connectivity index (χ4v) is 5.79. The lowest BCUT2D eigenvalue weighted by atomic mass is 9.64. The van der Waals surface area contributed by atoms with Crippen LogP contribution < -0.4 is 4.90 Å². The maximum absolute atomic E-state index is 13.4. The number of ether oxygens (including phenoxy) is 2. The van der Waals surface area contributed by atoms with Gasteiger partial charge < -0.3 is 14.3 Å². The number of hydrogen-bond donors (Lipinski definition) is 0. The number of anilines is 1. The second-order valence-corrected chi connectivity index (χ2v) is 8.12. The third-order valence-corrected chi connectivity index (χ3v) is 6.83. The van der Waals surface area contributed by atoms with Crippen molar-refractivity contribution in [1.29, 1.82) is 5.26 Å². The van der Waals surface area contributed by atoms with Gasteiger partial charge in [0.2, 0.25) is 5.91 Å². The summed E-state index contributed by atoms with van der Waals surface area (Å²) in [7, 11) is 0. The highest BCUT2D eigenvalue weighted by atomic mass is 35.5. The van der Waals surface area contributed by atoms with Crippen LogP contribution in [0.15, 0.2) is 18.2 Å². The third kappa shape index (κ3) is 1.70. The monoisotopic (exact) mass is 369 g/mol. The molecule has 132 valence electrons. The van der Waals surface area contributed by atoms with Crippen LogP contribution in [0.3, 0.4) is 0 Å². The Kier molecular flexibility index (Phi) is 3.08. The Hall–Kier alpha value is -2.12. The molecule has 2 bridgehead atoms. The van der Waals surface area contributed by atoms with Gasteiger partial charge in [-0.15, -0.1) is 0 Å². The molecule has 0 aromatic heterocycles. The van der Waals surface area contributed by atoms with E-state index in [0.29, 0.717) is 35.7 Å². The molecule has 0 unspecified atom stereocenters. The molecule has 1 aromatic carbocycles. The zero-order chi connectivity index (χ0) is 18.3. The molecule has 0 saturated carbocycles. The van der Waals surface area contributed by atoms with Gasteiger partial charge in [0.05, 0.1) is 41.1 Å². The molecule has 4 saturated heterocycles. The van der Waals surface area contributed by atoms with E-state index in [1.807, 2.05) is 13.0 Å². The summed E-state index contributed by atoms with van der Waals surface area (Å²) in [5.41, 5.74) is -0.247. The molecule has 4 heterocycles. The van der Waals surface area contributed by atoms with E-state index >= 15 is 0 Å². The molecule has 4 fully saturated rings. The minimum atomic E-state index is -0.631. The van der Waals surface area contributed by atoms with Crippen LogP contribution in [0, 0.1) is 29.7 Å². The highest BCUT2D eigenvalue weighted by Crippen LogP contribution is 2.66. The first-order chi connectivity index (χ1) is 12.4. The van der Waals surface area contributed by atoms with E-state index in [9.17, 15) is 4.79 Å². The fraction of sp³-hybridized carbons (Fsp3) is 0.526. The Bertz CT molecular complexity index is 922.